The van der Waals surface area contributed by atoms with E-state index in [9.17, 15) is 9.59 Å². The minimum atomic E-state index is -0.317. The fraction of sp³-hybridized carbons (Fsp3) is 0.273. The van der Waals surface area contributed by atoms with Crippen molar-refractivity contribution in [3.63, 3.8) is 0 Å². The quantitative estimate of drug-likeness (QED) is 0.702. The highest BCUT2D eigenvalue weighted by Gasteiger charge is 2.34. The molecule has 148 valence electrons. The zero-order valence-corrected chi connectivity index (χ0v) is 16.2. The van der Waals surface area contributed by atoms with Crippen LogP contribution in [0.4, 0.5) is 0 Å². The van der Waals surface area contributed by atoms with Crippen LogP contribution in [-0.2, 0) is 16.1 Å². The third kappa shape index (κ3) is 4.34. The molecule has 4 rings (SSSR count). The summed E-state index contributed by atoms with van der Waals surface area (Å²) in [6.45, 7) is 2.95. The molecule has 29 heavy (non-hydrogen) atoms. The average Bonchev–Trinajstić information content (AvgIpc) is 3.39. The summed E-state index contributed by atoms with van der Waals surface area (Å²) in [5.74, 6) is -0.372. The minimum absolute atomic E-state index is 0.0267. The summed E-state index contributed by atoms with van der Waals surface area (Å²) < 4.78 is 1.68. The largest absolute Gasteiger partial charge is 0.349 e. The lowest BCUT2D eigenvalue weighted by Crippen LogP contribution is -2.34. The Morgan fingerprint density at radius 2 is 1.93 bits per heavy atom. The number of hydrogen-bond acceptors (Lipinski definition) is 4. The van der Waals surface area contributed by atoms with Gasteiger partial charge in [-0.2, -0.15) is 5.10 Å². The topological polar surface area (TPSA) is 80.1 Å². The monoisotopic (exact) mass is 389 g/mol. The molecule has 0 radical (unpaired) electrons. The number of aromatic nitrogens is 3. The lowest BCUT2D eigenvalue weighted by atomic mass is 10.0. The van der Waals surface area contributed by atoms with Crippen LogP contribution in [0.5, 0.6) is 0 Å². The number of amides is 2. The van der Waals surface area contributed by atoms with Crippen molar-refractivity contribution in [1.29, 1.82) is 0 Å². The van der Waals surface area contributed by atoms with Crippen LogP contribution < -0.4 is 5.32 Å². The maximum Gasteiger partial charge on any atom is 0.225 e. The molecule has 1 aliphatic heterocycles. The Morgan fingerprint density at radius 3 is 2.62 bits per heavy atom. The van der Waals surface area contributed by atoms with E-state index in [2.05, 4.69) is 15.4 Å². The van der Waals surface area contributed by atoms with Crippen LogP contribution in [0.2, 0.25) is 0 Å². The Balaban J connectivity index is 1.34. The smallest absolute Gasteiger partial charge is 0.225 e. The van der Waals surface area contributed by atoms with Gasteiger partial charge >= 0.3 is 0 Å². The second kappa shape index (κ2) is 8.26. The number of carbonyl (C=O) groups is 2. The fourth-order valence-electron chi connectivity index (χ4n) is 3.58. The third-order valence-electron chi connectivity index (χ3n) is 5.24. The first-order chi connectivity index (χ1) is 14.1. The van der Waals surface area contributed by atoms with Crippen LogP contribution in [0.1, 0.15) is 30.5 Å². The number of carbonyl (C=O) groups excluding carboxylic acids is 2. The first kappa shape index (κ1) is 18.9. The minimum Gasteiger partial charge on any atom is -0.349 e. The summed E-state index contributed by atoms with van der Waals surface area (Å²) in [6.07, 6.45) is 3.38. The summed E-state index contributed by atoms with van der Waals surface area (Å²) in [5, 5.41) is 7.15. The van der Waals surface area contributed by atoms with Gasteiger partial charge in [-0.1, -0.05) is 42.5 Å². The standard InChI is InChI=1S/C22H23N5O2/c1-16(18-7-9-20(10-8-18)27-15-23-14-24-27)25-22(29)19-11-21(28)26(13-19)12-17-5-3-2-4-6-17/h2-10,14-16,19H,11-13H2,1H3,(H,25,29). The lowest BCUT2D eigenvalue weighted by molar-refractivity contribution is -0.129. The van der Waals surface area contributed by atoms with Gasteiger partial charge in [-0.05, 0) is 30.2 Å². The van der Waals surface area contributed by atoms with Gasteiger partial charge < -0.3 is 10.2 Å². The van der Waals surface area contributed by atoms with Gasteiger partial charge in [0.15, 0.2) is 0 Å². The van der Waals surface area contributed by atoms with Gasteiger partial charge in [0.05, 0.1) is 17.6 Å². The molecule has 0 bridgehead atoms. The van der Waals surface area contributed by atoms with E-state index >= 15 is 0 Å². The molecule has 0 spiro atoms. The summed E-state index contributed by atoms with van der Waals surface area (Å²) in [7, 11) is 0. The third-order valence-corrected chi connectivity index (χ3v) is 5.24. The summed E-state index contributed by atoms with van der Waals surface area (Å²) >= 11 is 0. The van der Waals surface area contributed by atoms with E-state index < -0.39 is 0 Å². The van der Waals surface area contributed by atoms with Gasteiger partial charge in [-0.15, -0.1) is 0 Å². The highest BCUT2D eigenvalue weighted by molar-refractivity contribution is 5.89. The van der Waals surface area contributed by atoms with E-state index in [1.165, 1.54) is 6.33 Å². The highest BCUT2D eigenvalue weighted by Crippen LogP contribution is 2.22. The van der Waals surface area contributed by atoms with Gasteiger partial charge in [0.2, 0.25) is 11.8 Å². The first-order valence-corrected chi connectivity index (χ1v) is 9.67. The van der Waals surface area contributed by atoms with Gasteiger partial charge in [-0.25, -0.2) is 9.67 Å². The maximum absolute atomic E-state index is 12.7. The molecule has 2 amide bonds. The number of rotatable bonds is 6. The molecule has 1 aliphatic rings. The predicted octanol–water partition coefficient (Wildman–Crippen LogP) is 2.49. The summed E-state index contributed by atoms with van der Waals surface area (Å²) in [5.41, 5.74) is 2.97. The Labute approximate surface area is 169 Å². The van der Waals surface area contributed by atoms with Crippen LogP contribution in [0.25, 0.3) is 5.69 Å². The molecule has 1 fully saturated rings. The molecule has 3 aromatic rings. The van der Waals surface area contributed by atoms with E-state index in [1.807, 2.05) is 61.5 Å². The van der Waals surface area contributed by atoms with Crippen molar-refractivity contribution in [1.82, 2.24) is 25.0 Å². The molecular formula is C22H23N5O2. The van der Waals surface area contributed by atoms with Crippen molar-refractivity contribution in [3.8, 4) is 5.69 Å². The SMILES string of the molecule is CC(NC(=O)C1CC(=O)N(Cc2ccccc2)C1)c1ccc(-n2cncn2)cc1. The molecule has 0 saturated carbocycles. The highest BCUT2D eigenvalue weighted by atomic mass is 16.2. The number of nitrogens with zero attached hydrogens (tertiary/aromatic N) is 4. The van der Waals surface area contributed by atoms with Crippen LogP contribution in [0.3, 0.4) is 0 Å². The van der Waals surface area contributed by atoms with Gasteiger partial charge in [0, 0.05) is 19.5 Å². The molecule has 1 saturated heterocycles. The van der Waals surface area contributed by atoms with Gasteiger partial charge in [-0.3, -0.25) is 9.59 Å². The number of nitrogens with one attached hydrogen (secondary N) is 1. The molecule has 1 N–H and O–H groups in total. The van der Waals surface area contributed by atoms with Gasteiger partial charge in [0.25, 0.3) is 0 Å². The molecule has 2 unspecified atom stereocenters. The lowest BCUT2D eigenvalue weighted by Gasteiger charge is -2.19. The molecule has 2 atom stereocenters. The van der Waals surface area contributed by atoms with Crippen molar-refractivity contribution in [2.45, 2.75) is 25.9 Å². The molecule has 7 nitrogen and oxygen atoms in total. The van der Waals surface area contributed by atoms with Crippen LogP contribution in [-0.4, -0.2) is 38.0 Å². The fourth-order valence-corrected chi connectivity index (χ4v) is 3.58. The van der Waals surface area contributed by atoms with Crippen molar-refractivity contribution < 1.29 is 9.59 Å². The van der Waals surface area contributed by atoms with Crippen molar-refractivity contribution in [2.24, 2.45) is 5.92 Å². The zero-order valence-electron chi connectivity index (χ0n) is 16.2. The number of likely N-dealkylation sites (tertiary alicyclic amines) is 1. The van der Waals surface area contributed by atoms with Crippen LogP contribution in [0, 0.1) is 5.92 Å². The van der Waals surface area contributed by atoms with E-state index in [0.29, 0.717) is 13.1 Å². The van der Waals surface area contributed by atoms with Crippen LogP contribution in [0.15, 0.2) is 67.3 Å². The Morgan fingerprint density at radius 1 is 1.17 bits per heavy atom. The van der Waals surface area contributed by atoms with Gasteiger partial charge in [0.1, 0.15) is 12.7 Å². The second-order valence-electron chi connectivity index (χ2n) is 7.32. The number of hydrogen-bond donors (Lipinski definition) is 1. The number of benzene rings is 2. The molecule has 0 aliphatic carbocycles. The predicted molar refractivity (Wildman–Crippen MR) is 108 cm³/mol. The van der Waals surface area contributed by atoms with Crippen molar-refractivity contribution in [2.75, 3.05) is 6.54 Å². The van der Waals surface area contributed by atoms with Crippen molar-refractivity contribution >= 4 is 11.8 Å². The Kier molecular flexibility index (Phi) is 5.37. The zero-order chi connectivity index (χ0) is 20.2. The Hall–Kier alpha value is -3.48. The first-order valence-electron chi connectivity index (χ1n) is 9.67. The normalized spacial score (nSPS) is 17.3. The van der Waals surface area contributed by atoms with Crippen LogP contribution >= 0.6 is 0 Å². The summed E-state index contributed by atoms with van der Waals surface area (Å²) in [4.78, 5) is 30.7. The molecule has 7 heteroatoms. The molecule has 2 heterocycles. The maximum atomic E-state index is 12.7. The molecule has 2 aromatic carbocycles. The van der Waals surface area contributed by atoms with E-state index in [4.69, 9.17) is 0 Å². The van der Waals surface area contributed by atoms with E-state index in [-0.39, 0.29) is 30.2 Å². The van der Waals surface area contributed by atoms with E-state index in [1.54, 1.807) is 15.9 Å². The molecule has 1 aromatic heterocycles. The summed E-state index contributed by atoms with van der Waals surface area (Å²) in [6, 6.07) is 17.5. The van der Waals surface area contributed by atoms with Crippen molar-refractivity contribution in [3.05, 3.63) is 78.4 Å². The average molecular weight is 389 g/mol. The van der Waals surface area contributed by atoms with E-state index in [0.717, 1.165) is 16.8 Å². The molecular weight excluding hydrogens is 366 g/mol. The Bertz CT molecular complexity index is 970. The second-order valence-corrected chi connectivity index (χ2v) is 7.32.